The molecule has 0 aliphatic heterocycles. The molecule has 0 aliphatic rings. The molecule has 0 aliphatic carbocycles. The van der Waals surface area contributed by atoms with Gasteiger partial charge in [0.25, 0.3) is 6.26 Å². The largest absolute Gasteiger partial charge is 0.573 e. The molecule has 0 amide bonds. The second-order valence-corrected chi connectivity index (χ2v) is 2.22. The van der Waals surface area contributed by atoms with Crippen molar-refractivity contribution >= 4 is 0 Å². The van der Waals surface area contributed by atoms with Gasteiger partial charge >= 0.3 is 6.36 Å². The van der Waals surface area contributed by atoms with Gasteiger partial charge in [0, 0.05) is 6.07 Å². The minimum atomic E-state index is -4.74. The van der Waals surface area contributed by atoms with E-state index in [1.807, 2.05) is 0 Å². The summed E-state index contributed by atoms with van der Waals surface area (Å²) < 4.78 is 43.1. The lowest BCUT2D eigenvalue weighted by Gasteiger charge is -2.08. The first-order chi connectivity index (χ1) is 6.51. The number of benzene rings is 1. The Bertz CT molecular complexity index is 356. The van der Waals surface area contributed by atoms with E-state index in [2.05, 4.69) is 9.47 Å². The molecular weight excluding hydrogens is 199 g/mol. The second-order valence-electron chi connectivity index (χ2n) is 2.22. The van der Waals surface area contributed by atoms with Crippen LogP contribution in [0.25, 0.3) is 0 Å². The van der Waals surface area contributed by atoms with Gasteiger partial charge in [-0.3, -0.25) is 0 Å². The zero-order valence-electron chi connectivity index (χ0n) is 6.71. The Kier molecular flexibility index (Phi) is 2.82. The monoisotopic (exact) mass is 203 g/mol. The van der Waals surface area contributed by atoms with Crippen molar-refractivity contribution in [1.82, 2.24) is 0 Å². The maximum atomic E-state index is 11.7. The fourth-order valence-corrected chi connectivity index (χ4v) is 0.788. The van der Waals surface area contributed by atoms with Gasteiger partial charge in [-0.05, 0) is 12.1 Å². The van der Waals surface area contributed by atoms with E-state index in [-0.39, 0.29) is 5.75 Å². The Balaban J connectivity index is 2.79. The van der Waals surface area contributed by atoms with Crippen LogP contribution in [0.1, 0.15) is 0 Å². The topological polar surface area (TPSA) is 42.2 Å². The molecule has 0 radical (unpaired) electrons. The molecule has 0 spiro atoms. The van der Waals surface area contributed by atoms with E-state index in [0.717, 1.165) is 12.1 Å². The van der Waals surface area contributed by atoms with Crippen LogP contribution < -0.4 is 9.47 Å². The lowest BCUT2D eigenvalue weighted by molar-refractivity contribution is -0.274. The Morgan fingerprint density at radius 2 is 1.86 bits per heavy atom. The van der Waals surface area contributed by atoms with Gasteiger partial charge in [-0.2, -0.15) is 0 Å². The van der Waals surface area contributed by atoms with Crippen LogP contribution in [-0.4, -0.2) is 6.36 Å². The minimum Gasteiger partial charge on any atom is -0.406 e. The SMILES string of the molecule is N#COc1cccc(OC(F)(F)F)c1. The summed E-state index contributed by atoms with van der Waals surface area (Å²) in [6, 6.07) is 4.70. The van der Waals surface area contributed by atoms with Crippen LogP contribution in [0, 0.1) is 11.5 Å². The molecular formula is C8H4F3NO2. The Hall–Kier alpha value is -1.90. The van der Waals surface area contributed by atoms with E-state index in [0.29, 0.717) is 0 Å². The quantitative estimate of drug-likeness (QED) is 0.693. The van der Waals surface area contributed by atoms with Crippen LogP contribution in [-0.2, 0) is 0 Å². The highest BCUT2D eigenvalue weighted by molar-refractivity contribution is 5.33. The number of hydrogen-bond donors (Lipinski definition) is 0. The first kappa shape index (κ1) is 10.2. The summed E-state index contributed by atoms with van der Waals surface area (Å²) in [5.41, 5.74) is 0. The number of nitriles is 1. The average molecular weight is 203 g/mol. The van der Waals surface area contributed by atoms with Crippen LogP contribution in [0.5, 0.6) is 11.5 Å². The van der Waals surface area contributed by atoms with Crippen molar-refractivity contribution < 1.29 is 22.6 Å². The standard InChI is InChI=1S/C8H4F3NO2/c9-8(10,11)14-7-3-1-2-6(4-7)13-5-12/h1-4H. The zero-order valence-corrected chi connectivity index (χ0v) is 6.71. The third kappa shape index (κ3) is 3.23. The fourth-order valence-electron chi connectivity index (χ4n) is 0.788. The van der Waals surface area contributed by atoms with E-state index in [4.69, 9.17) is 5.26 Å². The van der Waals surface area contributed by atoms with Crippen molar-refractivity contribution in [1.29, 1.82) is 5.26 Å². The molecule has 1 aromatic rings. The van der Waals surface area contributed by atoms with Crippen molar-refractivity contribution in [3.05, 3.63) is 24.3 Å². The summed E-state index contributed by atoms with van der Waals surface area (Å²) in [5.74, 6) is -0.431. The van der Waals surface area contributed by atoms with E-state index >= 15 is 0 Å². The molecule has 3 nitrogen and oxygen atoms in total. The maximum Gasteiger partial charge on any atom is 0.573 e. The molecule has 6 heteroatoms. The molecule has 0 N–H and O–H groups in total. The number of rotatable bonds is 2. The Morgan fingerprint density at radius 3 is 2.43 bits per heavy atom. The molecule has 1 rings (SSSR count). The van der Waals surface area contributed by atoms with Gasteiger partial charge in [-0.15, -0.1) is 18.4 Å². The van der Waals surface area contributed by atoms with Gasteiger partial charge in [0.15, 0.2) is 0 Å². The highest BCUT2D eigenvalue weighted by Crippen LogP contribution is 2.25. The van der Waals surface area contributed by atoms with Crippen molar-refractivity contribution in [2.24, 2.45) is 0 Å². The lowest BCUT2D eigenvalue weighted by atomic mass is 10.3. The summed E-state index contributed by atoms with van der Waals surface area (Å²) in [4.78, 5) is 0. The second kappa shape index (κ2) is 3.87. The molecule has 0 atom stereocenters. The van der Waals surface area contributed by atoms with Gasteiger partial charge in [0.05, 0.1) is 0 Å². The van der Waals surface area contributed by atoms with Crippen molar-refractivity contribution in [3.8, 4) is 17.8 Å². The lowest BCUT2D eigenvalue weighted by Crippen LogP contribution is -2.16. The molecule has 1 aromatic carbocycles. The minimum absolute atomic E-state index is 0.00532. The predicted octanol–water partition coefficient (Wildman–Crippen LogP) is 2.45. The van der Waals surface area contributed by atoms with Crippen LogP contribution >= 0.6 is 0 Å². The zero-order chi connectivity index (χ0) is 10.6. The van der Waals surface area contributed by atoms with Gasteiger partial charge in [0.2, 0.25) is 0 Å². The summed E-state index contributed by atoms with van der Waals surface area (Å²) in [5, 5.41) is 8.11. The molecule has 0 unspecified atom stereocenters. The van der Waals surface area contributed by atoms with E-state index in [1.54, 1.807) is 0 Å². The van der Waals surface area contributed by atoms with Crippen molar-refractivity contribution in [2.75, 3.05) is 0 Å². The van der Waals surface area contributed by atoms with Gasteiger partial charge in [-0.1, -0.05) is 6.07 Å². The number of halogens is 3. The van der Waals surface area contributed by atoms with E-state index < -0.39 is 12.1 Å². The van der Waals surface area contributed by atoms with Crippen LogP contribution in [0.2, 0.25) is 0 Å². The molecule has 0 aromatic heterocycles. The van der Waals surface area contributed by atoms with Gasteiger partial charge in [-0.25, -0.2) is 0 Å². The molecule has 0 fully saturated rings. The normalized spacial score (nSPS) is 10.4. The summed E-state index contributed by atoms with van der Waals surface area (Å²) in [6.45, 7) is 0. The van der Waals surface area contributed by atoms with Crippen molar-refractivity contribution in [2.45, 2.75) is 6.36 Å². The molecule has 0 heterocycles. The van der Waals surface area contributed by atoms with Crippen molar-refractivity contribution in [3.63, 3.8) is 0 Å². The van der Waals surface area contributed by atoms with Gasteiger partial charge < -0.3 is 9.47 Å². The van der Waals surface area contributed by atoms with Crippen LogP contribution in [0.4, 0.5) is 13.2 Å². The maximum absolute atomic E-state index is 11.7. The smallest absolute Gasteiger partial charge is 0.406 e. The number of alkyl halides is 3. The van der Waals surface area contributed by atoms with Crippen LogP contribution in [0.3, 0.4) is 0 Å². The average Bonchev–Trinajstić information content (AvgIpc) is 2.02. The number of nitrogens with zero attached hydrogens (tertiary/aromatic N) is 1. The number of ether oxygens (including phenoxy) is 2. The first-order valence-corrected chi connectivity index (χ1v) is 3.43. The highest BCUT2D eigenvalue weighted by Gasteiger charge is 2.31. The molecule has 14 heavy (non-hydrogen) atoms. The molecule has 0 saturated heterocycles. The van der Waals surface area contributed by atoms with E-state index in [1.165, 1.54) is 18.4 Å². The van der Waals surface area contributed by atoms with E-state index in [9.17, 15) is 13.2 Å². The Morgan fingerprint density at radius 1 is 1.21 bits per heavy atom. The van der Waals surface area contributed by atoms with Crippen LogP contribution in [0.15, 0.2) is 24.3 Å². The third-order valence-corrected chi connectivity index (χ3v) is 1.20. The first-order valence-electron chi connectivity index (χ1n) is 3.43. The number of hydrogen-bond acceptors (Lipinski definition) is 3. The summed E-state index contributed by atoms with van der Waals surface area (Å²) in [7, 11) is 0. The summed E-state index contributed by atoms with van der Waals surface area (Å²) >= 11 is 0. The summed E-state index contributed by atoms with van der Waals surface area (Å²) in [6.07, 6.45) is -3.41. The molecule has 0 saturated carbocycles. The molecule has 0 bridgehead atoms. The highest BCUT2D eigenvalue weighted by atomic mass is 19.4. The predicted molar refractivity (Wildman–Crippen MR) is 39.4 cm³/mol. The fraction of sp³-hybridized carbons (Fsp3) is 0.125. The third-order valence-electron chi connectivity index (χ3n) is 1.20. The Labute approximate surface area is 77.3 Å². The molecule has 74 valence electrons. The van der Waals surface area contributed by atoms with Gasteiger partial charge in [0.1, 0.15) is 11.5 Å².